The standard InChI is InChI=1S/C24H20N2O3/c1-25(2)24(28)19-14-20(27)29-26(16-10-4-3-5-11-16)23-18-13-7-9-15-8-6-12-17(21(15)18)22(19)23/h3-13,19H,14H2,1-2H3. The predicted octanol–water partition coefficient (Wildman–Crippen LogP) is 4.09. The lowest BCUT2D eigenvalue weighted by Crippen LogP contribution is -2.31. The van der Waals surface area contributed by atoms with Gasteiger partial charge in [-0.2, -0.15) is 5.06 Å². The van der Waals surface area contributed by atoms with E-state index < -0.39 is 11.9 Å². The number of hydrogen-bond acceptors (Lipinski definition) is 4. The fraction of sp³-hybridized carbons (Fsp3) is 0.167. The van der Waals surface area contributed by atoms with Crippen LogP contribution < -0.4 is 5.06 Å². The molecule has 3 aromatic rings. The molecular weight excluding hydrogens is 364 g/mol. The minimum atomic E-state index is -0.598. The fourth-order valence-corrected chi connectivity index (χ4v) is 4.33. The molecule has 0 fully saturated rings. The van der Waals surface area contributed by atoms with Gasteiger partial charge in [-0.05, 0) is 28.5 Å². The van der Waals surface area contributed by atoms with Crippen LogP contribution in [0.1, 0.15) is 17.5 Å². The average molecular weight is 384 g/mol. The zero-order chi connectivity index (χ0) is 20.1. The van der Waals surface area contributed by atoms with Crippen LogP contribution in [0.2, 0.25) is 0 Å². The van der Waals surface area contributed by atoms with Crippen LogP contribution in [-0.2, 0) is 14.4 Å². The Morgan fingerprint density at radius 3 is 2.34 bits per heavy atom. The van der Waals surface area contributed by atoms with Crippen LogP contribution in [-0.4, -0.2) is 30.9 Å². The van der Waals surface area contributed by atoms with E-state index in [0.29, 0.717) is 0 Å². The van der Waals surface area contributed by atoms with Gasteiger partial charge in [-0.15, -0.1) is 0 Å². The molecule has 1 heterocycles. The summed E-state index contributed by atoms with van der Waals surface area (Å²) in [6, 6.07) is 21.7. The molecule has 0 spiro atoms. The minimum Gasteiger partial charge on any atom is -0.348 e. The molecule has 0 saturated heterocycles. The molecule has 0 bridgehead atoms. The molecule has 0 N–H and O–H groups in total. The van der Waals surface area contributed by atoms with Gasteiger partial charge in [0.15, 0.2) is 0 Å². The number of nitrogens with zero attached hydrogens (tertiary/aromatic N) is 2. The molecule has 29 heavy (non-hydrogen) atoms. The summed E-state index contributed by atoms with van der Waals surface area (Å²) in [5.74, 6) is -1.12. The lowest BCUT2D eigenvalue weighted by atomic mass is 9.89. The highest BCUT2D eigenvalue weighted by Crippen LogP contribution is 2.50. The van der Waals surface area contributed by atoms with Gasteiger partial charge in [0.25, 0.3) is 0 Å². The maximum absolute atomic E-state index is 13.1. The number of para-hydroxylation sites is 1. The predicted molar refractivity (Wildman–Crippen MR) is 113 cm³/mol. The van der Waals surface area contributed by atoms with Crippen molar-refractivity contribution in [2.45, 2.75) is 6.42 Å². The SMILES string of the molecule is CN(C)C(=O)C1CC(=O)ON(c2ccccc2)C2=C1c1cccc3cccc2c13. The zero-order valence-corrected chi connectivity index (χ0v) is 16.3. The summed E-state index contributed by atoms with van der Waals surface area (Å²) in [6.45, 7) is 0. The van der Waals surface area contributed by atoms with E-state index in [1.54, 1.807) is 24.1 Å². The first-order valence-corrected chi connectivity index (χ1v) is 9.60. The Kier molecular flexibility index (Phi) is 3.91. The first kappa shape index (κ1) is 17.5. The Labute approximate surface area is 168 Å². The maximum atomic E-state index is 13.1. The summed E-state index contributed by atoms with van der Waals surface area (Å²) in [6.07, 6.45) is 0.00353. The highest BCUT2D eigenvalue weighted by molar-refractivity contribution is 6.20. The number of fused-ring (bicyclic) bond motifs is 2. The molecule has 5 nitrogen and oxygen atoms in total. The van der Waals surface area contributed by atoms with Crippen LogP contribution in [0.5, 0.6) is 0 Å². The average Bonchev–Trinajstić information content (AvgIpc) is 2.97. The van der Waals surface area contributed by atoms with Gasteiger partial charge in [-0.1, -0.05) is 54.6 Å². The molecular formula is C24H20N2O3. The van der Waals surface area contributed by atoms with Gasteiger partial charge in [-0.25, -0.2) is 4.79 Å². The number of rotatable bonds is 2. The highest BCUT2D eigenvalue weighted by atomic mass is 16.7. The summed E-state index contributed by atoms with van der Waals surface area (Å²) in [5.41, 5.74) is 4.34. The van der Waals surface area contributed by atoms with Gasteiger partial charge < -0.3 is 9.74 Å². The summed E-state index contributed by atoms with van der Waals surface area (Å²) in [7, 11) is 3.44. The van der Waals surface area contributed by atoms with Crippen molar-refractivity contribution >= 4 is 39.6 Å². The van der Waals surface area contributed by atoms with Crippen LogP contribution in [0.15, 0.2) is 66.7 Å². The molecule has 0 aromatic heterocycles. The summed E-state index contributed by atoms with van der Waals surface area (Å²) >= 11 is 0. The van der Waals surface area contributed by atoms with E-state index in [9.17, 15) is 9.59 Å². The molecule has 5 rings (SSSR count). The number of hydrogen-bond donors (Lipinski definition) is 0. The monoisotopic (exact) mass is 384 g/mol. The van der Waals surface area contributed by atoms with E-state index in [0.717, 1.165) is 38.9 Å². The lowest BCUT2D eigenvalue weighted by molar-refractivity contribution is -0.146. The second-order valence-corrected chi connectivity index (χ2v) is 7.55. The van der Waals surface area contributed by atoms with Crippen molar-refractivity contribution in [2.75, 3.05) is 19.2 Å². The van der Waals surface area contributed by atoms with Gasteiger partial charge in [0.1, 0.15) is 0 Å². The quantitative estimate of drug-likeness (QED) is 0.668. The van der Waals surface area contributed by atoms with Crippen LogP contribution in [0, 0.1) is 5.92 Å². The Balaban J connectivity index is 1.83. The number of hydroxylamine groups is 1. The molecule has 0 saturated carbocycles. The zero-order valence-electron chi connectivity index (χ0n) is 16.3. The Morgan fingerprint density at radius 1 is 0.966 bits per heavy atom. The summed E-state index contributed by atoms with van der Waals surface area (Å²) in [5, 5.41) is 3.79. The van der Waals surface area contributed by atoms with Gasteiger partial charge in [-0.3, -0.25) is 4.79 Å². The second kappa shape index (κ2) is 6.48. The van der Waals surface area contributed by atoms with Crippen molar-refractivity contribution in [2.24, 2.45) is 5.92 Å². The summed E-state index contributed by atoms with van der Waals surface area (Å²) in [4.78, 5) is 33.2. The van der Waals surface area contributed by atoms with Gasteiger partial charge >= 0.3 is 5.97 Å². The minimum absolute atomic E-state index is 0.00353. The van der Waals surface area contributed by atoms with Gasteiger partial charge in [0.2, 0.25) is 5.91 Å². The molecule has 1 atom stereocenters. The molecule has 1 unspecified atom stereocenters. The molecule has 1 aliphatic heterocycles. The Morgan fingerprint density at radius 2 is 1.66 bits per heavy atom. The van der Waals surface area contributed by atoms with Crippen molar-refractivity contribution in [3.05, 3.63) is 77.9 Å². The molecule has 1 amide bonds. The summed E-state index contributed by atoms with van der Waals surface area (Å²) < 4.78 is 0. The number of benzene rings is 3. The van der Waals surface area contributed by atoms with E-state index in [-0.39, 0.29) is 12.3 Å². The van der Waals surface area contributed by atoms with Gasteiger partial charge in [0.05, 0.1) is 23.7 Å². The number of carbonyl (C=O) groups excluding carboxylic acids is 2. The van der Waals surface area contributed by atoms with Crippen molar-refractivity contribution in [3.63, 3.8) is 0 Å². The van der Waals surface area contributed by atoms with Crippen molar-refractivity contribution in [1.29, 1.82) is 0 Å². The highest BCUT2D eigenvalue weighted by Gasteiger charge is 2.41. The Hall–Kier alpha value is -3.60. The smallest absolute Gasteiger partial charge is 0.334 e. The number of carbonyl (C=O) groups is 2. The normalized spacial score (nSPS) is 17.8. The third-order valence-electron chi connectivity index (χ3n) is 5.55. The molecule has 0 radical (unpaired) electrons. The van der Waals surface area contributed by atoms with E-state index in [1.165, 1.54) is 0 Å². The molecule has 2 aliphatic rings. The Bertz CT molecular complexity index is 1180. The largest absolute Gasteiger partial charge is 0.348 e. The number of anilines is 1. The van der Waals surface area contributed by atoms with Crippen LogP contribution >= 0.6 is 0 Å². The molecule has 5 heteroatoms. The van der Waals surface area contributed by atoms with Crippen molar-refractivity contribution in [3.8, 4) is 0 Å². The third kappa shape index (κ3) is 2.62. The first-order valence-electron chi connectivity index (χ1n) is 9.60. The molecule has 1 aliphatic carbocycles. The van der Waals surface area contributed by atoms with Crippen molar-refractivity contribution in [1.82, 2.24) is 4.90 Å². The van der Waals surface area contributed by atoms with Crippen LogP contribution in [0.4, 0.5) is 5.69 Å². The second-order valence-electron chi connectivity index (χ2n) is 7.55. The molecule has 3 aromatic carbocycles. The number of amides is 1. The first-order chi connectivity index (χ1) is 14.1. The topological polar surface area (TPSA) is 49.9 Å². The van der Waals surface area contributed by atoms with Crippen LogP contribution in [0.25, 0.3) is 22.0 Å². The molecule has 144 valence electrons. The fourth-order valence-electron chi connectivity index (χ4n) is 4.33. The van der Waals surface area contributed by atoms with E-state index in [1.807, 2.05) is 54.6 Å². The lowest BCUT2D eigenvalue weighted by Gasteiger charge is -2.24. The third-order valence-corrected chi connectivity index (χ3v) is 5.55. The maximum Gasteiger partial charge on any atom is 0.334 e. The van der Waals surface area contributed by atoms with E-state index in [2.05, 4.69) is 12.1 Å². The van der Waals surface area contributed by atoms with Crippen molar-refractivity contribution < 1.29 is 14.4 Å². The van der Waals surface area contributed by atoms with Gasteiger partial charge in [0, 0.05) is 25.2 Å². The van der Waals surface area contributed by atoms with E-state index >= 15 is 0 Å². The van der Waals surface area contributed by atoms with Crippen LogP contribution in [0.3, 0.4) is 0 Å². The van der Waals surface area contributed by atoms with E-state index in [4.69, 9.17) is 4.84 Å².